The molecule has 1 heterocycles. The number of hydrogen-bond acceptors (Lipinski definition) is 2. The number of piperidine rings is 1. The Hall–Kier alpha value is -0.0800. The van der Waals surface area contributed by atoms with E-state index in [-0.39, 0.29) is 0 Å². The normalized spacial score (nSPS) is 30.0. The van der Waals surface area contributed by atoms with Crippen molar-refractivity contribution >= 4 is 0 Å². The molecule has 118 valence electrons. The van der Waals surface area contributed by atoms with Crippen molar-refractivity contribution in [3.63, 3.8) is 0 Å². The molecule has 0 amide bonds. The summed E-state index contributed by atoms with van der Waals surface area (Å²) in [5, 5.41) is 3.98. The average Bonchev–Trinajstić information content (AvgIpc) is 2.79. The van der Waals surface area contributed by atoms with Gasteiger partial charge in [0.25, 0.3) is 0 Å². The molecule has 1 aliphatic heterocycles. The molecular formula is C18H36N2. The Kier molecular flexibility index (Phi) is 5.92. The molecule has 20 heavy (non-hydrogen) atoms. The highest BCUT2D eigenvalue weighted by atomic mass is 15.2. The minimum atomic E-state index is 0.470. The number of nitrogens with zero attached hydrogens (tertiary/aromatic N) is 1. The molecule has 2 heteroatoms. The molecule has 1 aliphatic carbocycles. The van der Waals surface area contributed by atoms with E-state index in [1.165, 1.54) is 64.6 Å². The quantitative estimate of drug-likeness (QED) is 0.817. The predicted molar refractivity (Wildman–Crippen MR) is 88.1 cm³/mol. The van der Waals surface area contributed by atoms with Crippen LogP contribution < -0.4 is 5.32 Å². The van der Waals surface area contributed by atoms with E-state index < -0.39 is 0 Å². The van der Waals surface area contributed by atoms with E-state index in [4.69, 9.17) is 0 Å². The van der Waals surface area contributed by atoms with E-state index in [1.54, 1.807) is 0 Å². The first kappa shape index (κ1) is 16.3. The van der Waals surface area contributed by atoms with Crippen molar-refractivity contribution in [1.29, 1.82) is 0 Å². The van der Waals surface area contributed by atoms with Crippen LogP contribution in [0.3, 0.4) is 0 Å². The zero-order chi connectivity index (χ0) is 14.6. The molecule has 1 N–H and O–H groups in total. The largest absolute Gasteiger partial charge is 0.310 e. The molecule has 2 unspecified atom stereocenters. The maximum atomic E-state index is 3.98. The third kappa shape index (κ3) is 5.37. The van der Waals surface area contributed by atoms with Gasteiger partial charge in [0.05, 0.1) is 0 Å². The second-order valence-electron chi connectivity index (χ2n) is 8.47. The molecular weight excluding hydrogens is 244 g/mol. The third-order valence-electron chi connectivity index (χ3n) is 4.88. The van der Waals surface area contributed by atoms with Crippen molar-refractivity contribution in [1.82, 2.24) is 10.2 Å². The van der Waals surface area contributed by atoms with E-state index >= 15 is 0 Å². The van der Waals surface area contributed by atoms with Gasteiger partial charge in [-0.1, -0.05) is 40.5 Å². The Balaban J connectivity index is 1.89. The Morgan fingerprint density at radius 2 is 1.75 bits per heavy atom. The number of rotatable bonds is 5. The van der Waals surface area contributed by atoms with Gasteiger partial charge in [-0.3, -0.25) is 0 Å². The number of likely N-dealkylation sites (tertiary alicyclic amines) is 1. The van der Waals surface area contributed by atoms with E-state index in [2.05, 4.69) is 37.9 Å². The van der Waals surface area contributed by atoms with Gasteiger partial charge in [0.15, 0.2) is 0 Å². The minimum Gasteiger partial charge on any atom is -0.310 e. The second-order valence-corrected chi connectivity index (χ2v) is 8.47. The maximum Gasteiger partial charge on any atom is 0.0200 e. The van der Waals surface area contributed by atoms with Gasteiger partial charge in [0.1, 0.15) is 0 Å². The van der Waals surface area contributed by atoms with E-state index in [0.29, 0.717) is 5.41 Å². The van der Waals surface area contributed by atoms with Crippen LogP contribution in [-0.2, 0) is 0 Å². The number of hydrogen-bond donors (Lipinski definition) is 1. The molecule has 0 spiro atoms. The SMILES string of the molecule is CCCN1CC(CC(C)(C)C)CC(NC2CCCC2)C1. The van der Waals surface area contributed by atoms with Crippen LogP contribution in [0, 0.1) is 11.3 Å². The van der Waals surface area contributed by atoms with Gasteiger partial charge in [-0.15, -0.1) is 0 Å². The molecule has 2 rings (SSSR count). The van der Waals surface area contributed by atoms with E-state index in [0.717, 1.165) is 18.0 Å². The zero-order valence-electron chi connectivity index (χ0n) is 14.3. The van der Waals surface area contributed by atoms with Crippen LogP contribution in [0.25, 0.3) is 0 Å². The van der Waals surface area contributed by atoms with Gasteiger partial charge in [-0.25, -0.2) is 0 Å². The predicted octanol–water partition coefficient (Wildman–Crippen LogP) is 4.06. The molecule has 0 aromatic rings. The van der Waals surface area contributed by atoms with Crippen LogP contribution in [0.2, 0.25) is 0 Å². The zero-order valence-corrected chi connectivity index (χ0v) is 14.3. The van der Waals surface area contributed by atoms with Gasteiger partial charge in [-0.05, 0) is 50.0 Å². The van der Waals surface area contributed by atoms with Gasteiger partial charge in [-0.2, -0.15) is 0 Å². The molecule has 1 saturated heterocycles. The van der Waals surface area contributed by atoms with Crippen molar-refractivity contribution in [2.24, 2.45) is 11.3 Å². The molecule has 0 radical (unpaired) electrons. The van der Waals surface area contributed by atoms with Crippen molar-refractivity contribution in [2.75, 3.05) is 19.6 Å². The van der Waals surface area contributed by atoms with Gasteiger partial charge in [0, 0.05) is 25.2 Å². The average molecular weight is 280 g/mol. The molecule has 2 nitrogen and oxygen atoms in total. The maximum absolute atomic E-state index is 3.98. The fourth-order valence-corrected chi connectivity index (χ4v) is 4.36. The highest BCUT2D eigenvalue weighted by molar-refractivity contribution is 4.88. The van der Waals surface area contributed by atoms with Crippen molar-refractivity contribution in [3.05, 3.63) is 0 Å². The fourth-order valence-electron chi connectivity index (χ4n) is 4.36. The van der Waals surface area contributed by atoms with E-state index in [1.807, 2.05) is 0 Å². The van der Waals surface area contributed by atoms with Gasteiger partial charge >= 0.3 is 0 Å². The van der Waals surface area contributed by atoms with Crippen LogP contribution in [-0.4, -0.2) is 36.6 Å². The number of nitrogens with one attached hydrogen (secondary N) is 1. The minimum absolute atomic E-state index is 0.470. The molecule has 2 aliphatic rings. The van der Waals surface area contributed by atoms with Crippen LogP contribution in [0.1, 0.15) is 72.6 Å². The Morgan fingerprint density at radius 1 is 1.05 bits per heavy atom. The van der Waals surface area contributed by atoms with Crippen molar-refractivity contribution in [2.45, 2.75) is 84.7 Å². The lowest BCUT2D eigenvalue weighted by Gasteiger charge is -2.41. The van der Waals surface area contributed by atoms with Crippen LogP contribution >= 0.6 is 0 Å². The van der Waals surface area contributed by atoms with Gasteiger partial charge in [0.2, 0.25) is 0 Å². The summed E-state index contributed by atoms with van der Waals surface area (Å²) in [6.45, 7) is 13.4. The molecule has 0 aromatic carbocycles. The summed E-state index contributed by atoms with van der Waals surface area (Å²) in [6, 6.07) is 1.56. The molecule has 1 saturated carbocycles. The Labute approximate surface area is 126 Å². The summed E-state index contributed by atoms with van der Waals surface area (Å²) in [5.74, 6) is 0.884. The topological polar surface area (TPSA) is 15.3 Å². The first-order valence-corrected chi connectivity index (χ1v) is 8.94. The van der Waals surface area contributed by atoms with Crippen LogP contribution in [0.4, 0.5) is 0 Å². The van der Waals surface area contributed by atoms with Crippen LogP contribution in [0.15, 0.2) is 0 Å². The first-order valence-electron chi connectivity index (χ1n) is 8.94. The molecule has 2 atom stereocenters. The summed E-state index contributed by atoms with van der Waals surface area (Å²) >= 11 is 0. The Morgan fingerprint density at radius 3 is 2.35 bits per heavy atom. The molecule has 0 bridgehead atoms. The third-order valence-corrected chi connectivity index (χ3v) is 4.88. The smallest absolute Gasteiger partial charge is 0.0200 e. The standard InChI is InChI=1S/C18H36N2/c1-5-10-20-13-15(12-18(2,3)4)11-17(14-20)19-16-8-6-7-9-16/h15-17,19H,5-14H2,1-4H3. The van der Waals surface area contributed by atoms with E-state index in [9.17, 15) is 0 Å². The monoisotopic (exact) mass is 280 g/mol. The lowest BCUT2D eigenvalue weighted by Crippen LogP contribution is -2.52. The second kappa shape index (κ2) is 7.26. The lowest BCUT2D eigenvalue weighted by atomic mass is 9.80. The Bertz CT molecular complexity index is 276. The summed E-state index contributed by atoms with van der Waals surface area (Å²) < 4.78 is 0. The highest BCUT2D eigenvalue weighted by Gasteiger charge is 2.31. The molecule has 0 aromatic heterocycles. The van der Waals surface area contributed by atoms with Gasteiger partial charge < -0.3 is 10.2 Å². The highest BCUT2D eigenvalue weighted by Crippen LogP contribution is 2.31. The van der Waals surface area contributed by atoms with Crippen molar-refractivity contribution < 1.29 is 0 Å². The lowest BCUT2D eigenvalue weighted by molar-refractivity contribution is 0.109. The molecule has 2 fully saturated rings. The summed E-state index contributed by atoms with van der Waals surface area (Å²) in [4.78, 5) is 2.71. The van der Waals surface area contributed by atoms with Crippen LogP contribution in [0.5, 0.6) is 0 Å². The fraction of sp³-hybridized carbons (Fsp3) is 1.00. The first-order chi connectivity index (χ1) is 9.46. The summed E-state index contributed by atoms with van der Waals surface area (Å²) in [5.41, 5.74) is 0.470. The summed E-state index contributed by atoms with van der Waals surface area (Å²) in [6.07, 6.45) is 9.76. The van der Waals surface area contributed by atoms with Crippen molar-refractivity contribution in [3.8, 4) is 0 Å². The summed E-state index contributed by atoms with van der Waals surface area (Å²) in [7, 11) is 0.